The Morgan fingerprint density at radius 1 is 1.07 bits per heavy atom. The van der Waals surface area contributed by atoms with Gasteiger partial charge in [0.1, 0.15) is 0 Å². The predicted molar refractivity (Wildman–Crippen MR) is 107 cm³/mol. The van der Waals surface area contributed by atoms with Crippen molar-refractivity contribution in [3.8, 4) is 0 Å². The number of carbonyl (C=O) groups is 1. The molecule has 2 aromatic rings. The summed E-state index contributed by atoms with van der Waals surface area (Å²) < 4.78 is 0. The summed E-state index contributed by atoms with van der Waals surface area (Å²) in [6.07, 6.45) is 8.49. The van der Waals surface area contributed by atoms with Crippen LogP contribution < -0.4 is 0 Å². The van der Waals surface area contributed by atoms with Crippen LogP contribution in [0.2, 0.25) is 0 Å². The van der Waals surface area contributed by atoms with Gasteiger partial charge in [0.15, 0.2) is 0 Å². The van der Waals surface area contributed by atoms with Crippen LogP contribution in [0.25, 0.3) is 10.9 Å². The minimum Gasteiger partial charge on any atom is -0.391 e. The second-order valence-corrected chi connectivity index (χ2v) is 8.37. The smallest absolute Gasteiger partial charge is 0.222 e. The van der Waals surface area contributed by atoms with E-state index >= 15 is 0 Å². The van der Waals surface area contributed by atoms with E-state index in [1.807, 2.05) is 29.2 Å². The van der Waals surface area contributed by atoms with E-state index in [2.05, 4.69) is 12.1 Å². The molecule has 2 atom stereocenters. The number of carbonyl (C=O) groups excluding carboxylic acids is 1. The summed E-state index contributed by atoms with van der Waals surface area (Å²) in [5.41, 5.74) is 1.98. The molecule has 0 radical (unpaired) electrons. The molecule has 1 amide bonds. The molecule has 1 aliphatic heterocycles. The Morgan fingerprint density at radius 3 is 2.74 bits per heavy atom. The van der Waals surface area contributed by atoms with Gasteiger partial charge in [-0.25, -0.2) is 0 Å². The molecule has 4 nitrogen and oxygen atoms in total. The number of aliphatic hydroxyl groups is 1. The van der Waals surface area contributed by atoms with Gasteiger partial charge in [0.25, 0.3) is 0 Å². The predicted octanol–water partition coefficient (Wildman–Crippen LogP) is 3.96. The number of benzene rings is 1. The molecule has 2 heterocycles. The maximum atomic E-state index is 12.6. The van der Waals surface area contributed by atoms with Gasteiger partial charge in [-0.1, -0.05) is 56.4 Å². The summed E-state index contributed by atoms with van der Waals surface area (Å²) in [5, 5.41) is 11.6. The van der Waals surface area contributed by atoms with Gasteiger partial charge in [0, 0.05) is 36.5 Å². The molecule has 0 bridgehead atoms. The molecule has 1 saturated heterocycles. The lowest BCUT2D eigenvalue weighted by molar-refractivity contribution is -0.130. The molecule has 1 aromatic carbocycles. The Hall–Kier alpha value is -1.94. The molecule has 2 fully saturated rings. The van der Waals surface area contributed by atoms with Crippen LogP contribution >= 0.6 is 0 Å². The number of likely N-dealkylation sites (tertiary alicyclic amines) is 1. The highest BCUT2D eigenvalue weighted by Crippen LogP contribution is 2.28. The molecule has 27 heavy (non-hydrogen) atoms. The molecule has 1 saturated carbocycles. The number of amides is 1. The Balaban J connectivity index is 1.32. The van der Waals surface area contributed by atoms with Crippen LogP contribution in [-0.2, 0) is 11.2 Å². The molecule has 4 rings (SSSR count). The third kappa shape index (κ3) is 4.49. The maximum absolute atomic E-state index is 12.6. The maximum Gasteiger partial charge on any atom is 0.222 e. The minimum atomic E-state index is -0.447. The van der Waals surface area contributed by atoms with Crippen LogP contribution in [0.15, 0.2) is 36.4 Å². The third-order valence-corrected chi connectivity index (χ3v) is 6.38. The first kappa shape index (κ1) is 18.4. The van der Waals surface area contributed by atoms with Gasteiger partial charge >= 0.3 is 0 Å². The zero-order valence-electron chi connectivity index (χ0n) is 16.0. The normalized spacial score (nSPS) is 23.8. The van der Waals surface area contributed by atoms with Crippen molar-refractivity contribution >= 4 is 16.8 Å². The lowest BCUT2D eigenvalue weighted by Crippen LogP contribution is -2.30. The summed E-state index contributed by atoms with van der Waals surface area (Å²) in [4.78, 5) is 19.2. The van der Waals surface area contributed by atoms with Gasteiger partial charge in [0.05, 0.1) is 11.6 Å². The van der Waals surface area contributed by atoms with Crippen LogP contribution in [0.1, 0.15) is 50.6 Å². The minimum absolute atomic E-state index is 0.0808. The first-order valence-corrected chi connectivity index (χ1v) is 10.5. The van der Waals surface area contributed by atoms with Crippen LogP contribution in [-0.4, -0.2) is 40.1 Å². The molecule has 4 heteroatoms. The van der Waals surface area contributed by atoms with Crippen molar-refractivity contribution in [3.63, 3.8) is 0 Å². The fraction of sp³-hybridized carbons (Fsp3) is 0.565. The Bertz CT molecular complexity index is 785. The summed E-state index contributed by atoms with van der Waals surface area (Å²) in [6.45, 7) is 1.13. The zero-order valence-corrected chi connectivity index (χ0v) is 16.0. The van der Waals surface area contributed by atoms with Crippen LogP contribution in [0.4, 0.5) is 0 Å². The third-order valence-electron chi connectivity index (χ3n) is 6.38. The van der Waals surface area contributed by atoms with E-state index in [4.69, 9.17) is 4.98 Å². The summed E-state index contributed by atoms with van der Waals surface area (Å²) in [5.74, 6) is 1.03. The van der Waals surface area contributed by atoms with Crippen LogP contribution in [0, 0.1) is 11.8 Å². The highest BCUT2D eigenvalue weighted by Gasteiger charge is 2.34. The van der Waals surface area contributed by atoms with Gasteiger partial charge in [-0.15, -0.1) is 0 Å². The van der Waals surface area contributed by atoms with Crippen molar-refractivity contribution < 1.29 is 9.90 Å². The highest BCUT2D eigenvalue weighted by molar-refractivity contribution is 5.78. The van der Waals surface area contributed by atoms with Crippen LogP contribution in [0.5, 0.6) is 0 Å². The van der Waals surface area contributed by atoms with E-state index in [-0.39, 0.29) is 11.8 Å². The molecule has 2 aliphatic rings. The molecule has 144 valence electrons. The van der Waals surface area contributed by atoms with Crippen molar-refractivity contribution in [2.24, 2.45) is 11.8 Å². The number of hydrogen-bond acceptors (Lipinski definition) is 3. The van der Waals surface area contributed by atoms with Gasteiger partial charge < -0.3 is 10.0 Å². The summed E-state index contributed by atoms with van der Waals surface area (Å²) in [7, 11) is 0. The van der Waals surface area contributed by atoms with E-state index in [0.29, 0.717) is 19.5 Å². The number of nitrogens with zero attached hydrogens (tertiary/aromatic N) is 2. The quantitative estimate of drug-likeness (QED) is 0.871. The van der Waals surface area contributed by atoms with Crippen molar-refractivity contribution in [2.45, 2.75) is 57.5 Å². The Kier molecular flexibility index (Phi) is 5.72. The van der Waals surface area contributed by atoms with Gasteiger partial charge in [-0.3, -0.25) is 9.78 Å². The second-order valence-electron chi connectivity index (χ2n) is 8.37. The van der Waals surface area contributed by atoms with Crippen molar-refractivity contribution in [3.05, 3.63) is 42.1 Å². The fourth-order valence-electron chi connectivity index (χ4n) is 4.71. The zero-order chi connectivity index (χ0) is 18.6. The summed E-state index contributed by atoms with van der Waals surface area (Å²) >= 11 is 0. The average molecular weight is 367 g/mol. The number of pyridine rings is 1. The van der Waals surface area contributed by atoms with Crippen LogP contribution in [0.3, 0.4) is 0 Å². The Morgan fingerprint density at radius 2 is 1.89 bits per heavy atom. The molecule has 1 aliphatic carbocycles. The van der Waals surface area contributed by atoms with E-state index in [1.54, 1.807) is 0 Å². The number of rotatable bonds is 5. The molecular formula is C23H30N2O2. The molecule has 1 N–H and O–H groups in total. The highest BCUT2D eigenvalue weighted by atomic mass is 16.3. The SMILES string of the molecule is O=C(CCC1CCCCC1)N1C[C@@H](Cc2ccc3ccccc3n2)[C@H](O)C1. The fourth-order valence-corrected chi connectivity index (χ4v) is 4.71. The van der Waals surface area contributed by atoms with E-state index < -0.39 is 6.10 Å². The van der Waals surface area contributed by atoms with Crippen molar-refractivity contribution in [2.75, 3.05) is 13.1 Å². The molecule has 1 aromatic heterocycles. The summed E-state index contributed by atoms with van der Waals surface area (Å²) in [6, 6.07) is 12.2. The van der Waals surface area contributed by atoms with Gasteiger partial charge in [-0.05, 0) is 30.9 Å². The lowest BCUT2D eigenvalue weighted by Gasteiger charge is -2.22. The largest absolute Gasteiger partial charge is 0.391 e. The first-order valence-electron chi connectivity index (χ1n) is 10.5. The monoisotopic (exact) mass is 366 g/mol. The van der Waals surface area contributed by atoms with E-state index in [0.717, 1.165) is 35.4 Å². The molecule has 0 unspecified atom stereocenters. The topological polar surface area (TPSA) is 53.4 Å². The van der Waals surface area contributed by atoms with Crippen molar-refractivity contribution in [1.29, 1.82) is 0 Å². The van der Waals surface area contributed by atoms with Gasteiger partial charge in [-0.2, -0.15) is 0 Å². The van der Waals surface area contributed by atoms with Gasteiger partial charge in [0.2, 0.25) is 5.91 Å². The first-order chi connectivity index (χ1) is 13.2. The standard InChI is InChI=1S/C23H30N2O2/c26-22-16-25(23(27)13-10-17-6-2-1-3-7-17)15-19(22)14-20-12-11-18-8-4-5-9-21(18)24-20/h4-5,8-9,11-12,17,19,22,26H,1-3,6-7,10,13-16H2/t19-,22-/m1/s1. The number of aromatic nitrogens is 1. The van der Waals surface area contributed by atoms with E-state index in [1.165, 1.54) is 32.1 Å². The number of fused-ring (bicyclic) bond motifs is 1. The number of β-amino-alcohol motifs (C(OH)–C–C–N with tert-alkyl or cyclic N) is 1. The van der Waals surface area contributed by atoms with E-state index in [9.17, 15) is 9.90 Å². The number of para-hydroxylation sites is 1. The average Bonchev–Trinajstić information content (AvgIpc) is 3.07. The Labute approximate surface area is 161 Å². The van der Waals surface area contributed by atoms with Crippen molar-refractivity contribution in [1.82, 2.24) is 9.88 Å². The molecular weight excluding hydrogens is 336 g/mol. The second kappa shape index (κ2) is 8.39. The number of aliphatic hydroxyl groups excluding tert-OH is 1. The number of hydrogen-bond donors (Lipinski definition) is 1. The molecule has 0 spiro atoms. The lowest BCUT2D eigenvalue weighted by atomic mass is 9.86.